The Hall–Kier alpha value is -3.32. The normalized spacial score (nSPS) is 18.4. The van der Waals surface area contributed by atoms with Gasteiger partial charge in [0, 0.05) is 54.2 Å². The number of anilines is 1. The summed E-state index contributed by atoms with van der Waals surface area (Å²) in [5.74, 6) is 0.856. The molecule has 1 N–H and O–H groups in total. The first kappa shape index (κ1) is 20.6. The van der Waals surface area contributed by atoms with Gasteiger partial charge in [0.15, 0.2) is 5.13 Å². The van der Waals surface area contributed by atoms with E-state index < -0.39 is 0 Å². The van der Waals surface area contributed by atoms with Crippen LogP contribution in [0.25, 0.3) is 0 Å². The summed E-state index contributed by atoms with van der Waals surface area (Å²) < 4.78 is 1.94. The topological polar surface area (TPSA) is 72.7 Å². The van der Waals surface area contributed by atoms with Gasteiger partial charge in [0.2, 0.25) is 0 Å². The van der Waals surface area contributed by atoms with Gasteiger partial charge in [0.05, 0.1) is 5.69 Å². The second kappa shape index (κ2) is 9.44. The average molecular weight is 444 g/mol. The van der Waals surface area contributed by atoms with Crippen LogP contribution in [0.3, 0.4) is 0 Å². The summed E-state index contributed by atoms with van der Waals surface area (Å²) in [5, 5.41) is 5.75. The third-order valence-electron chi connectivity index (χ3n) is 6.16. The van der Waals surface area contributed by atoms with Crippen LogP contribution in [0.15, 0.2) is 72.6 Å². The molecule has 0 aromatic carbocycles. The summed E-state index contributed by atoms with van der Waals surface area (Å²) in [6.45, 7) is 0.626. The molecule has 0 spiro atoms. The number of nitrogens with zero attached hydrogens (tertiary/aromatic N) is 4. The van der Waals surface area contributed by atoms with Gasteiger partial charge in [-0.3, -0.25) is 20.1 Å². The molecule has 162 valence electrons. The molecule has 7 heteroatoms. The number of amides is 1. The van der Waals surface area contributed by atoms with Crippen molar-refractivity contribution in [3.05, 3.63) is 95.3 Å². The quantitative estimate of drug-likeness (QED) is 0.428. The van der Waals surface area contributed by atoms with Gasteiger partial charge in [-0.1, -0.05) is 6.07 Å². The van der Waals surface area contributed by atoms with Crippen molar-refractivity contribution in [2.45, 2.75) is 44.1 Å². The molecule has 0 radical (unpaired) electrons. The Morgan fingerprint density at radius 1 is 0.969 bits per heavy atom. The van der Waals surface area contributed by atoms with Crippen molar-refractivity contribution in [1.29, 1.82) is 0 Å². The Morgan fingerprint density at radius 3 is 2.50 bits per heavy atom. The molecule has 1 aliphatic carbocycles. The first-order valence-electron chi connectivity index (χ1n) is 11.0. The highest BCUT2D eigenvalue weighted by atomic mass is 32.1. The molecular formula is C25H25N5OS. The molecule has 5 rings (SSSR count). The second-order valence-electron chi connectivity index (χ2n) is 8.21. The van der Waals surface area contributed by atoms with E-state index in [1.165, 1.54) is 17.0 Å². The van der Waals surface area contributed by atoms with E-state index in [0.29, 0.717) is 29.2 Å². The molecule has 1 saturated carbocycles. The molecule has 6 nitrogen and oxygen atoms in total. The van der Waals surface area contributed by atoms with Gasteiger partial charge < -0.3 is 4.57 Å². The highest BCUT2D eigenvalue weighted by molar-refractivity contribution is 7.14. The van der Waals surface area contributed by atoms with Crippen LogP contribution < -0.4 is 5.32 Å². The molecule has 0 bridgehead atoms. The smallest absolute Gasteiger partial charge is 0.274 e. The number of nitrogens with one attached hydrogen (secondary N) is 1. The van der Waals surface area contributed by atoms with Crippen molar-refractivity contribution in [1.82, 2.24) is 19.5 Å². The fourth-order valence-electron chi connectivity index (χ4n) is 4.44. The number of carbonyl (C=O) groups is 1. The molecule has 1 aliphatic rings. The number of hydrogen-bond donors (Lipinski definition) is 1. The molecule has 4 aromatic heterocycles. The molecule has 4 aromatic rings. The van der Waals surface area contributed by atoms with Crippen molar-refractivity contribution in [3.63, 3.8) is 0 Å². The van der Waals surface area contributed by atoms with Crippen molar-refractivity contribution in [2.24, 2.45) is 0 Å². The fraction of sp³-hybridized carbons (Fsp3) is 0.280. The Kier molecular flexibility index (Phi) is 6.07. The van der Waals surface area contributed by atoms with Gasteiger partial charge in [0.1, 0.15) is 5.69 Å². The van der Waals surface area contributed by atoms with Gasteiger partial charge in [0.25, 0.3) is 5.91 Å². The summed E-state index contributed by atoms with van der Waals surface area (Å²) in [6.07, 6.45) is 11.8. The Morgan fingerprint density at radius 2 is 1.75 bits per heavy atom. The number of hydrogen-bond acceptors (Lipinski definition) is 5. The Bertz CT molecular complexity index is 1160. The zero-order valence-corrected chi connectivity index (χ0v) is 18.5. The molecule has 0 saturated heterocycles. The summed E-state index contributed by atoms with van der Waals surface area (Å²) >= 11 is 1.50. The van der Waals surface area contributed by atoms with Gasteiger partial charge in [-0.05, 0) is 67.6 Å². The molecule has 1 fully saturated rings. The molecular weight excluding hydrogens is 418 g/mol. The van der Waals surface area contributed by atoms with E-state index in [0.717, 1.165) is 36.9 Å². The standard InChI is InChI=1S/C25H25N5OS/c31-24(23-5-3-15-30(23)16-18-10-13-26-14-11-18)29-25-28-22(17-32-25)20-8-6-19(7-9-20)21-4-1-2-12-27-21/h1-5,10-15,17,19-20H,6-9,16H2,(H,28,29,31). The van der Waals surface area contributed by atoms with E-state index in [-0.39, 0.29) is 5.91 Å². The number of rotatable bonds is 6. The van der Waals surface area contributed by atoms with Crippen LogP contribution in [0.2, 0.25) is 0 Å². The monoisotopic (exact) mass is 443 g/mol. The zero-order chi connectivity index (χ0) is 21.8. The highest BCUT2D eigenvalue weighted by Crippen LogP contribution is 2.40. The Labute approximate surface area is 191 Å². The first-order chi connectivity index (χ1) is 15.8. The highest BCUT2D eigenvalue weighted by Gasteiger charge is 2.26. The van der Waals surface area contributed by atoms with Crippen LogP contribution in [0, 0.1) is 0 Å². The van der Waals surface area contributed by atoms with Crippen LogP contribution in [0.4, 0.5) is 5.13 Å². The Balaban J connectivity index is 1.20. The SMILES string of the molecule is O=C(Nc1nc(C2CCC(c3ccccn3)CC2)cs1)c1cccn1Cc1ccncc1. The van der Waals surface area contributed by atoms with E-state index in [9.17, 15) is 4.79 Å². The molecule has 0 unspecified atom stereocenters. The predicted octanol–water partition coefficient (Wildman–Crippen LogP) is 5.48. The zero-order valence-electron chi connectivity index (χ0n) is 17.7. The maximum Gasteiger partial charge on any atom is 0.274 e. The van der Waals surface area contributed by atoms with E-state index >= 15 is 0 Å². The number of pyridine rings is 2. The predicted molar refractivity (Wildman–Crippen MR) is 126 cm³/mol. The molecule has 4 heterocycles. The fourth-order valence-corrected chi connectivity index (χ4v) is 5.22. The summed E-state index contributed by atoms with van der Waals surface area (Å²) in [7, 11) is 0. The van der Waals surface area contributed by atoms with E-state index in [2.05, 4.69) is 32.8 Å². The molecule has 0 atom stereocenters. The lowest BCUT2D eigenvalue weighted by Gasteiger charge is -2.27. The van der Waals surface area contributed by atoms with E-state index in [1.807, 2.05) is 47.3 Å². The molecule has 0 aliphatic heterocycles. The van der Waals surface area contributed by atoms with Crippen LogP contribution >= 0.6 is 11.3 Å². The van der Waals surface area contributed by atoms with Gasteiger partial charge in [-0.2, -0.15) is 0 Å². The minimum Gasteiger partial charge on any atom is -0.339 e. The first-order valence-corrected chi connectivity index (χ1v) is 11.9. The van der Waals surface area contributed by atoms with Gasteiger partial charge in [-0.15, -0.1) is 11.3 Å². The van der Waals surface area contributed by atoms with Crippen molar-refractivity contribution in [2.75, 3.05) is 5.32 Å². The van der Waals surface area contributed by atoms with E-state index in [4.69, 9.17) is 4.98 Å². The lowest BCUT2D eigenvalue weighted by molar-refractivity contribution is 0.101. The van der Waals surface area contributed by atoms with Gasteiger partial charge in [-0.25, -0.2) is 4.98 Å². The third-order valence-corrected chi connectivity index (χ3v) is 6.93. The third kappa shape index (κ3) is 4.62. The number of carbonyl (C=O) groups excluding carboxylic acids is 1. The molecule has 1 amide bonds. The molecule has 32 heavy (non-hydrogen) atoms. The van der Waals surface area contributed by atoms with Crippen LogP contribution in [0.1, 0.15) is 65.0 Å². The lowest BCUT2D eigenvalue weighted by atomic mass is 9.79. The van der Waals surface area contributed by atoms with Crippen LogP contribution in [-0.2, 0) is 6.54 Å². The largest absolute Gasteiger partial charge is 0.339 e. The summed E-state index contributed by atoms with van der Waals surface area (Å²) in [4.78, 5) is 26.2. The summed E-state index contributed by atoms with van der Waals surface area (Å²) in [5.41, 5.74) is 4.02. The van der Waals surface area contributed by atoms with Crippen LogP contribution in [0.5, 0.6) is 0 Å². The maximum atomic E-state index is 12.9. The summed E-state index contributed by atoms with van der Waals surface area (Å²) in [6, 6.07) is 13.8. The minimum atomic E-state index is -0.135. The maximum absolute atomic E-state index is 12.9. The minimum absolute atomic E-state index is 0.135. The van der Waals surface area contributed by atoms with Crippen molar-refractivity contribution < 1.29 is 4.79 Å². The van der Waals surface area contributed by atoms with Crippen molar-refractivity contribution >= 4 is 22.4 Å². The average Bonchev–Trinajstić information content (AvgIpc) is 3.50. The van der Waals surface area contributed by atoms with Gasteiger partial charge >= 0.3 is 0 Å². The number of aromatic nitrogens is 4. The lowest BCUT2D eigenvalue weighted by Crippen LogP contribution is -2.17. The van der Waals surface area contributed by atoms with E-state index in [1.54, 1.807) is 12.4 Å². The number of thiazole rings is 1. The van der Waals surface area contributed by atoms with Crippen molar-refractivity contribution in [3.8, 4) is 0 Å². The van der Waals surface area contributed by atoms with Crippen LogP contribution in [-0.4, -0.2) is 25.4 Å². The second-order valence-corrected chi connectivity index (χ2v) is 9.07.